The van der Waals surface area contributed by atoms with Crippen LogP contribution in [0, 0.1) is 5.82 Å². The second kappa shape index (κ2) is 6.98. The van der Waals surface area contributed by atoms with Crippen molar-refractivity contribution in [1.29, 1.82) is 0 Å². The lowest BCUT2D eigenvalue weighted by atomic mass is 9.98. The quantitative estimate of drug-likeness (QED) is 0.260. The maximum atomic E-state index is 14.3. The van der Waals surface area contributed by atoms with Gasteiger partial charge in [-0.3, -0.25) is 4.79 Å². The van der Waals surface area contributed by atoms with Gasteiger partial charge < -0.3 is 9.14 Å². The molecule has 0 aliphatic carbocycles. The number of aromatic nitrogens is 1. The topological polar surface area (TPSA) is 47.8 Å². The molecule has 0 saturated heterocycles. The number of methoxy groups -OCH3 is 1. The van der Waals surface area contributed by atoms with Crippen LogP contribution in [0.15, 0.2) is 60.7 Å². The Morgan fingerprint density at radius 2 is 1.53 bits per heavy atom. The largest absolute Gasteiger partial charge is 0.465 e. The molecule has 0 N–H and O–H groups in total. The number of fused-ring (bicyclic) bond motifs is 3. The van der Waals surface area contributed by atoms with Gasteiger partial charge >= 0.3 is 12.1 Å². The first-order valence-corrected chi connectivity index (χ1v) is 8.76. The third-order valence-electron chi connectivity index (χ3n) is 4.81. The Balaban J connectivity index is 2.22. The van der Waals surface area contributed by atoms with E-state index in [-0.39, 0.29) is 11.0 Å². The molecule has 0 aliphatic heterocycles. The number of nitrogens with zero attached hydrogens (tertiary/aromatic N) is 1. The zero-order valence-corrected chi connectivity index (χ0v) is 15.5. The molecule has 4 rings (SSSR count). The van der Waals surface area contributed by atoms with Crippen LogP contribution in [-0.4, -0.2) is 23.3 Å². The second-order valence-corrected chi connectivity index (χ2v) is 6.51. The van der Waals surface area contributed by atoms with Gasteiger partial charge in [-0.2, -0.15) is 13.2 Å². The van der Waals surface area contributed by atoms with Crippen molar-refractivity contribution in [3.05, 3.63) is 88.9 Å². The molecule has 0 atom stereocenters. The van der Waals surface area contributed by atoms with Crippen molar-refractivity contribution in [2.45, 2.75) is 6.18 Å². The van der Waals surface area contributed by atoms with E-state index in [4.69, 9.17) is 0 Å². The van der Waals surface area contributed by atoms with Gasteiger partial charge in [-0.1, -0.05) is 36.4 Å². The van der Waals surface area contributed by atoms with E-state index in [9.17, 15) is 27.2 Å². The number of ether oxygens (including phenoxy) is 1. The van der Waals surface area contributed by atoms with E-state index in [0.29, 0.717) is 5.39 Å². The molecule has 0 spiro atoms. The maximum absolute atomic E-state index is 14.3. The van der Waals surface area contributed by atoms with Crippen LogP contribution in [0.25, 0.3) is 16.4 Å². The summed E-state index contributed by atoms with van der Waals surface area (Å²) in [6.45, 7) is 0. The van der Waals surface area contributed by atoms with E-state index < -0.39 is 46.1 Å². The third kappa shape index (κ3) is 2.92. The standard InChI is InChI=1S/C22H13F4NO3/c1-30-21(29)18-17(19(28)13-7-3-4-8-14(13)23)16-11-10-12-6-2-5-9-15(12)27(16)20(18)22(24,25)26/h2-11H,1H3. The molecule has 30 heavy (non-hydrogen) atoms. The van der Waals surface area contributed by atoms with Crippen molar-refractivity contribution >= 4 is 28.2 Å². The summed E-state index contributed by atoms with van der Waals surface area (Å²) in [5.41, 5.74) is -3.34. The molecule has 0 unspecified atom stereocenters. The van der Waals surface area contributed by atoms with Crippen LogP contribution in [-0.2, 0) is 10.9 Å². The fourth-order valence-electron chi connectivity index (χ4n) is 3.58. The Hall–Kier alpha value is -3.68. The van der Waals surface area contributed by atoms with Crippen LogP contribution in [0.5, 0.6) is 0 Å². The fourth-order valence-corrected chi connectivity index (χ4v) is 3.58. The number of para-hydroxylation sites is 1. The first-order valence-electron chi connectivity index (χ1n) is 8.76. The average molecular weight is 415 g/mol. The number of carbonyl (C=O) groups is 2. The van der Waals surface area contributed by atoms with Crippen molar-refractivity contribution in [1.82, 2.24) is 4.40 Å². The summed E-state index contributed by atoms with van der Waals surface area (Å²) >= 11 is 0. The van der Waals surface area contributed by atoms with E-state index in [1.165, 1.54) is 36.4 Å². The van der Waals surface area contributed by atoms with Gasteiger partial charge in [-0.05, 0) is 29.7 Å². The van der Waals surface area contributed by atoms with Crippen LogP contribution < -0.4 is 0 Å². The predicted molar refractivity (Wildman–Crippen MR) is 101 cm³/mol. The number of esters is 1. The SMILES string of the molecule is COC(=O)c1c(C(=O)c2ccccc2F)c2ccc3ccccc3n2c1C(F)(F)F. The lowest BCUT2D eigenvalue weighted by Crippen LogP contribution is -2.17. The number of hydrogen-bond acceptors (Lipinski definition) is 3. The van der Waals surface area contributed by atoms with Crippen LogP contribution in [0.3, 0.4) is 0 Å². The Morgan fingerprint density at radius 3 is 2.20 bits per heavy atom. The molecule has 0 fully saturated rings. The Kier molecular flexibility index (Phi) is 4.57. The highest BCUT2D eigenvalue weighted by Crippen LogP contribution is 2.40. The Labute approximate surface area is 167 Å². The highest BCUT2D eigenvalue weighted by Gasteiger charge is 2.44. The van der Waals surface area contributed by atoms with Gasteiger partial charge in [-0.15, -0.1) is 0 Å². The highest BCUT2D eigenvalue weighted by atomic mass is 19.4. The minimum atomic E-state index is -5.00. The van der Waals surface area contributed by atoms with Crippen LogP contribution in [0.4, 0.5) is 17.6 Å². The molecule has 0 amide bonds. The summed E-state index contributed by atoms with van der Waals surface area (Å²) in [7, 11) is 0.917. The molecule has 0 aliphatic rings. The molecule has 2 aromatic carbocycles. The lowest BCUT2D eigenvalue weighted by Gasteiger charge is -2.11. The van der Waals surface area contributed by atoms with Gasteiger partial charge in [0, 0.05) is 0 Å². The number of alkyl halides is 3. The predicted octanol–water partition coefficient (Wildman–Crippen LogP) is 5.27. The number of rotatable bonds is 3. The van der Waals surface area contributed by atoms with Crippen molar-refractivity contribution in [2.24, 2.45) is 0 Å². The third-order valence-corrected chi connectivity index (χ3v) is 4.81. The van der Waals surface area contributed by atoms with Crippen molar-refractivity contribution in [3.63, 3.8) is 0 Å². The van der Waals surface area contributed by atoms with E-state index in [2.05, 4.69) is 4.74 Å². The summed E-state index contributed by atoms with van der Waals surface area (Å²) in [5, 5.41) is 0.465. The minimum absolute atomic E-state index is 0.139. The number of pyridine rings is 1. The molecular weight excluding hydrogens is 402 g/mol. The number of halogens is 4. The van der Waals surface area contributed by atoms with E-state index >= 15 is 0 Å². The summed E-state index contributed by atoms with van der Waals surface area (Å²) in [4.78, 5) is 25.6. The smallest absolute Gasteiger partial charge is 0.432 e. The number of ketones is 1. The van der Waals surface area contributed by atoms with Gasteiger partial charge in [0.25, 0.3) is 0 Å². The van der Waals surface area contributed by atoms with E-state index in [1.54, 1.807) is 12.1 Å². The molecule has 0 saturated carbocycles. The maximum Gasteiger partial charge on any atom is 0.432 e. The molecule has 2 aromatic heterocycles. The van der Waals surface area contributed by atoms with Crippen LogP contribution >= 0.6 is 0 Å². The summed E-state index contributed by atoms with van der Waals surface area (Å²) in [5.74, 6) is -3.29. The molecule has 152 valence electrons. The summed E-state index contributed by atoms with van der Waals surface area (Å²) in [6, 6.07) is 14.0. The van der Waals surface area contributed by atoms with Crippen molar-refractivity contribution in [3.8, 4) is 0 Å². The van der Waals surface area contributed by atoms with E-state index in [1.807, 2.05) is 0 Å². The Morgan fingerprint density at radius 1 is 0.867 bits per heavy atom. The summed E-state index contributed by atoms with van der Waals surface area (Å²) < 4.78 is 62.1. The molecular formula is C22H13F4NO3. The number of benzene rings is 2. The number of carbonyl (C=O) groups excluding carboxylic acids is 2. The van der Waals surface area contributed by atoms with Gasteiger partial charge in [-0.25, -0.2) is 9.18 Å². The number of hydrogen-bond donors (Lipinski definition) is 0. The molecule has 0 radical (unpaired) electrons. The molecule has 8 heteroatoms. The normalized spacial score (nSPS) is 11.8. The van der Waals surface area contributed by atoms with Crippen LogP contribution in [0.1, 0.15) is 32.0 Å². The van der Waals surface area contributed by atoms with Crippen molar-refractivity contribution in [2.75, 3.05) is 7.11 Å². The minimum Gasteiger partial charge on any atom is -0.465 e. The van der Waals surface area contributed by atoms with Gasteiger partial charge in [0.2, 0.25) is 0 Å². The Bertz CT molecular complexity index is 1320. The monoisotopic (exact) mass is 415 g/mol. The first kappa shape index (κ1) is 19.6. The molecule has 0 bridgehead atoms. The highest BCUT2D eigenvalue weighted by molar-refractivity contribution is 6.20. The zero-order chi connectivity index (χ0) is 21.6. The van der Waals surface area contributed by atoms with Crippen LogP contribution in [0.2, 0.25) is 0 Å². The van der Waals surface area contributed by atoms with Gasteiger partial charge in [0.1, 0.15) is 17.1 Å². The first-order chi connectivity index (χ1) is 14.3. The average Bonchev–Trinajstić information content (AvgIpc) is 3.09. The molecule has 4 nitrogen and oxygen atoms in total. The summed E-state index contributed by atoms with van der Waals surface area (Å²) in [6.07, 6.45) is -5.00. The van der Waals surface area contributed by atoms with Gasteiger partial charge in [0.15, 0.2) is 5.78 Å². The van der Waals surface area contributed by atoms with Crippen molar-refractivity contribution < 1.29 is 31.9 Å². The van der Waals surface area contributed by atoms with E-state index in [0.717, 1.165) is 23.6 Å². The molecule has 4 aromatic rings. The lowest BCUT2D eigenvalue weighted by molar-refractivity contribution is -0.142. The zero-order valence-electron chi connectivity index (χ0n) is 15.5. The second-order valence-electron chi connectivity index (χ2n) is 6.51. The molecule has 2 heterocycles. The van der Waals surface area contributed by atoms with Gasteiger partial charge in [0.05, 0.1) is 29.3 Å². The fraction of sp³-hybridized carbons (Fsp3) is 0.0909.